The van der Waals surface area contributed by atoms with Crippen molar-refractivity contribution in [2.45, 2.75) is 49.8 Å². The molecule has 0 heterocycles. The standard InChI is InChI=1S/C14H21O3S/c1-2-3-4-5-6-7-8-13-9-11-14(12-10-13)18(15,16)17/h9-12H,1-8H2,(H,15,16,17). The number of hydrogen-bond donors (Lipinski definition) is 1. The summed E-state index contributed by atoms with van der Waals surface area (Å²) in [5.74, 6) is 0. The third-order valence-corrected chi connectivity index (χ3v) is 3.80. The summed E-state index contributed by atoms with van der Waals surface area (Å²) in [5, 5.41) is 0. The van der Waals surface area contributed by atoms with Crippen LogP contribution in [0.5, 0.6) is 0 Å². The Labute approximate surface area is 110 Å². The van der Waals surface area contributed by atoms with E-state index in [1.165, 1.54) is 37.8 Å². The molecule has 18 heavy (non-hydrogen) atoms. The molecule has 0 fully saturated rings. The summed E-state index contributed by atoms with van der Waals surface area (Å²) in [4.78, 5) is -0.0401. The smallest absolute Gasteiger partial charge is 0.282 e. The van der Waals surface area contributed by atoms with Crippen LogP contribution >= 0.6 is 0 Å². The van der Waals surface area contributed by atoms with Gasteiger partial charge in [-0.15, -0.1) is 0 Å². The highest BCUT2D eigenvalue weighted by Gasteiger charge is 2.07. The molecule has 1 radical (unpaired) electrons. The quantitative estimate of drug-likeness (QED) is 0.579. The normalized spacial score (nSPS) is 11.7. The molecule has 0 saturated carbocycles. The Morgan fingerprint density at radius 2 is 1.50 bits per heavy atom. The summed E-state index contributed by atoms with van der Waals surface area (Å²) in [5.41, 5.74) is 1.11. The van der Waals surface area contributed by atoms with E-state index in [4.69, 9.17) is 4.55 Å². The summed E-state index contributed by atoms with van der Waals surface area (Å²) in [6, 6.07) is 6.43. The molecule has 1 aromatic rings. The highest BCUT2D eigenvalue weighted by Crippen LogP contribution is 2.13. The summed E-state index contributed by atoms with van der Waals surface area (Å²) >= 11 is 0. The zero-order chi connectivity index (χ0) is 13.4. The molecule has 1 N–H and O–H groups in total. The molecule has 101 valence electrons. The largest absolute Gasteiger partial charge is 0.294 e. The first-order valence-corrected chi connectivity index (χ1v) is 7.84. The van der Waals surface area contributed by atoms with Gasteiger partial charge in [-0.1, -0.05) is 51.2 Å². The molecule has 0 aromatic heterocycles. The fraction of sp³-hybridized carbons (Fsp3) is 0.500. The Hall–Kier alpha value is -0.870. The average molecular weight is 269 g/mol. The minimum Gasteiger partial charge on any atom is -0.282 e. The fourth-order valence-corrected chi connectivity index (χ4v) is 2.34. The first-order valence-electron chi connectivity index (χ1n) is 6.39. The van der Waals surface area contributed by atoms with Gasteiger partial charge < -0.3 is 0 Å². The third kappa shape index (κ3) is 5.65. The van der Waals surface area contributed by atoms with Crippen molar-refractivity contribution < 1.29 is 13.0 Å². The van der Waals surface area contributed by atoms with Crippen LogP contribution in [0.4, 0.5) is 0 Å². The SMILES string of the molecule is [CH2]CCCCCCCc1ccc(S(=O)(=O)O)cc1. The number of hydrogen-bond acceptors (Lipinski definition) is 2. The van der Waals surface area contributed by atoms with Crippen LogP contribution in [0.15, 0.2) is 29.2 Å². The van der Waals surface area contributed by atoms with Gasteiger partial charge in [0, 0.05) is 0 Å². The lowest BCUT2D eigenvalue weighted by Crippen LogP contribution is -1.97. The molecule has 0 bridgehead atoms. The van der Waals surface area contributed by atoms with E-state index in [1.807, 2.05) is 0 Å². The Morgan fingerprint density at radius 1 is 0.944 bits per heavy atom. The van der Waals surface area contributed by atoms with Crippen LogP contribution in [0.2, 0.25) is 0 Å². The van der Waals surface area contributed by atoms with Crippen LogP contribution in [0.3, 0.4) is 0 Å². The lowest BCUT2D eigenvalue weighted by atomic mass is 10.1. The van der Waals surface area contributed by atoms with E-state index in [2.05, 4.69) is 6.92 Å². The van der Waals surface area contributed by atoms with E-state index in [9.17, 15) is 8.42 Å². The highest BCUT2D eigenvalue weighted by atomic mass is 32.2. The van der Waals surface area contributed by atoms with E-state index in [-0.39, 0.29) is 4.90 Å². The zero-order valence-corrected chi connectivity index (χ0v) is 11.5. The Balaban J connectivity index is 2.32. The number of unbranched alkanes of at least 4 members (excludes halogenated alkanes) is 5. The Morgan fingerprint density at radius 3 is 2.06 bits per heavy atom. The van der Waals surface area contributed by atoms with Gasteiger partial charge in [-0.05, 0) is 30.5 Å². The van der Waals surface area contributed by atoms with Gasteiger partial charge in [0.1, 0.15) is 0 Å². The summed E-state index contributed by atoms with van der Waals surface area (Å²) in [7, 11) is -4.06. The Kier molecular flexibility index (Phi) is 6.36. The molecule has 4 heteroatoms. The second-order valence-electron chi connectivity index (χ2n) is 4.49. The summed E-state index contributed by atoms with van der Waals surface area (Å²) in [6.07, 6.45) is 7.95. The maximum Gasteiger partial charge on any atom is 0.294 e. The van der Waals surface area contributed by atoms with Gasteiger partial charge in [0.2, 0.25) is 0 Å². The van der Waals surface area contributed by atoms with E-state index in [0.29, 0.717) is 0 Å². The molecular formula is C14H21O3S. The van der Waals surface area contributed by atoms with Crippen LogP contribution < -0.4 is 0 Å². The Bertz CT molecular complexity index is 435. The topological polar surface area (TPSA) is 54.4 Å². The number of benzene rings is 1. The first-order chi connectivity index (χ1) is 8.54. The molecule has 0 saturated heterocycles. The van der Waals surface area contributed by atoms with Gasteiger partial charge in [0.15, 0.2) is 0 Å². The van der Waals surface area contributed by atoms with Gasteiger partial charge in [-0.3, -0.25) is 4.55 Å². The van der Waals surface area contributed by atoms with Gasteiger partial charge in [0.05, 0.1) is 4.90 Å². The van der Waals surface area contributed by atoms with Crippen molar-refractivity contribution in [2.24, 2.45) is 0 Å². The van der Waals surface area contributed by atoms with Gasteiger partial charge in [-0.2, -0.15) is 8.42 Å². The van der Waals surface area contributed by atoms with Gasteiger partial charge in [0.25, 0.3) is 10.1 Å². The first kappa shape index (κ1) is 15.2. The van der Waals surface area contributed by atoms with Crippen molar-refractivity contribution in [2.75, 3.05) is 0 Å². The van der Waals surface area contributed by atoms with Crippen molar-refractivity contribution in [3.63, 3.8) is 0 Å². The predicted octanol–water partition coefficient (Wildman–Crippen LogP) is 3.65. The predicted molar refractivity (Wildman–Crippen MR) is 73.0 cm³/mol. The minimum atomic E-state index is -4.06. The van der Waals surface area contributed by atoms with E-state index in [1.54, 1.807) is 12.1 Å². The molecule has 0 aliphatic carbocycles. The second kappa shape index (κ2) is 7.54. The molecular weight excluding hydrogens is 248 g/mol. The monoisotopic (exact) mass is 269 g/mol. The maximum absolute atomic E-state index is 10.9. The molecule has 0 aliphatic heterocycles. The lowest BCUT2D eigenvalue weighted by molar-refractivity contribution is 0.483. The number of rotatable bonds is 8. The second-order valence-corrected chi connectivity index (χ2v) is 5.91. The van der Waals surface area contributed by atoms with Crippen molar-refractivity contribution in [1.82, 2.24) is 0 Å². The van der Waals surface area contributed by atoms with E-state index < -0.39 is 10.1 Å². The molecule has 1 aromatic carbocycles. The van der Waals surface area contributed by atoms with Crippen molar-refractivity contribution in [3.8, 4) is 0 Å². The maximum atomic E-state index is 10.9. The summed E-state index contributed by atoms with van der Waals surface area (Å²) < 4.78 is 30.6. The molecule has 0 atom stereocenters. The highest BCUT2D eigenvalue weighted by molar-refractivity contribution is 7.85. The summed E-state index contributed by atoms with van der Waals surface area (Å²) in [6.45, 7) is 3.81. The van der Waals surface area contributed by atoms with E-state index in [0.717, 1.165) is 24.8 Å². The zero-order valence-electron chi connectivity index (χ0n) is 10.6. The van der Waals surface area contributed by atoms with Crippen molar-refractivity contribution in [1.29, 1.82) is 0 Å². The fourth-order valence-electron chi connectivity index (χ4n) is 1.86. The van der Waals surface area contributed by atoms with Crippen LogP contribution in [-0.4, -0.2) is 13.0 Å². The van der Waals surface area contributed by atoms with Crippen LogP contribution in [0.1, 0.15) is 44.1 Å². The van der Waals surface area contributed by atoms with Crippen LogP contribution in [0.25, 0.3) is 0 Å². The van der Waals surface area contributed by atoms with Crippen LogP contribution in [0, 0.1) is 6.92 Å². The van der Waals surface area contributed by atoms with Crippen molar-refractivity contribution >= 4 is 10.1 Å². The molecule has 0 aliphatic rings. The lowest BCUT2D eigenvalue weighted by Gasteiger charge is -2.03. The molecule has 3 nitrogen and oxygen atoms in total. The molecule has 1 rings (SSSR count). The third-order valence-electron chi connectivity index (χ3n) is 2.94. The minimum absolute atomic E-state index is 0.0401. The van der Waals surface area contributed by atoms with E-state index >= 15 is 0 Å². The van der Waals surface area contributed by atoms with Crippen LogP contribution in [-0.2, 0) is 16.5 Å². The van der Waals surface area contributed by atoms with Gasteiger partial charge >= 0.3 is 0 Å². The van der Waals surface area contributed by atoms with Gasteiger partial charge in [-0.25, -0.2) is 0 Å². The van der Waals surface area contributed by atoms with Crippen molar-refractivity contribution in [3.05, 3.63) is 36.8 Å². The molecule has 0 spiro atoms. The molecule has 0 amide bonds. The average Bonchev–Trinajstić information content (AvgIpc) is 2.33. The number of aryl methyl sites for hydroxylation is 1. The molecule has 0 unspecified atom stereocenters.